The van der Waals surface area contributed by atoms with E-state index in [9.17, 15) is 24.0 Å². The van der Waals surface area contributed by atoms with E-state index >= 15 is 4.79 Å². The van der Waals surface area contributed by atoms with Crippen LogP contribution in [0.1, 0.15) is 120 Å². The quantitative estimate of drug-likeness (QED) is 0.0372. The molecular weight excluding hydrogens is 761 g/mol. The van der Waals surface area contributed by atoms with E-state index in [1.165, 1.54) is 73.6 Å². The number of nitrogens with zero attached hydrogens (tertiary/aromatic N) is 4. The first kappa shape index (κ1) is 45.1. The van der Waals surface area contributed by atoms with Gasteiger partial charge in [-0.2, -0.15) is 0 Å². The number of hydrogen-bond donors (Lipinski definition) is 2. The minimum Gasteiger partial charge on any atom is -0.489 e. The van der Waals surface area contributed by atoms with Crippen molar-refractivity contribution < 1.29 is 28.7 Å². The molecule has 1 saturated heterocycles. The molecule has 60 heavy (non-hydrogen) atoms. The van der Waals surface area contributed by atoms with Crippen molar-refractivity contribution >= 4 is 35.2 Å². The fourth-order valence-electron chi connectivity index (χ4n) is 7.50. The lowest BCUT2D eigenvalue weighted by molar-refractivity contribution is -0.134. The van der Waals surface area contributed by atoms with Gasteiger partial charge in [-0.3, -0.25) is 28.3 Å². The van der Waals surface area contributed by atoms with Gasteiger partial charge < -0.3 is 20.3 Å². The van der Waals surface area contributed by atoms with E-state index in [0.717, 1.165) is 25.7 Å². The van der Waals surface area contributed by atoms with E-state index in [1.54, 1.807) is 87.1 Å². The van der Waals surface area contributed by atoms with E-state index in [1.807, 2.05) is 6.07 Å². The molecule has 0 saturated carbocycles. The Morgan fingerprint density at radius 3 is 1.93 bits per heavy atom. The van der Waals surface area contributed by atoms with Gasteiger partial charge in [0.2, 0.25) is 5.78 Å². The number of carbonyl (C=O) groups is 5. The van der Waals surface area contributed by atoms with Gasteiger partial charge in [0, 0.05) is 31.8 Å². The second-order valence-corrected chi connectivity index (χ2v) is 16.4. The van der Waals surface area contributed by atoms with Crippen molar-refractivity contribution in [2.45, 2.75) is 123 Å². The molecule has 0 bridgehead atoms. The van der Waals surface area contributed by atoms with Gasteiger partial charge in [0.05, 0.1) is 23.2 Å². The number of imide groups is 1. The number of anilines is 1. The van der Waals surface area contributed by atoms with Crippen molar-refractivity contribution in [1.29, 1.82) is 0 Å². The number of urea groups is 1. The van der Waals surface area contributed by atoms with E-state index in [0.29, 0.717) is 34.7 Å². The fraction of sp³-hybridized carbons (Fsp3) is 0.447. The number of carbonyl (C=O) groups excluding carboxylic acids is 5. The van der Waals surface area contributed by atoms with E-state index in [-0.39, 0.29) is 34.8 Å². The molecule has 4 aromatic rings. The summed E-state index contributed by atoms with van der Waals surface area (Å²) in [5.74, 6) is -2.92. The number of imidazole rings is 1. The summed E-state index contributed by atoms with van der Waals surface area (Å²) >= 11 is 0. The van der Waals surface area contributed by atoms with Crippen LogP contribution in [0.2, 0.25) is 0 Å². The van der Waals surface area contributed by atoms with Crippen LogP contribution in [0.3, 0.4) is 0 Å². The molecule has 320 valence electrons. The van der Waals surface area contributed by atoms with Crippen molar-refractivity contribution in [2.24, 2.45) is 0 Å². The van der Waals surface area contributed by atoms with Gasteiger partial charge in [0.1, 0.15) is 17.0 Å². The SMILES string of the molecule is CCCCCCCCCCCCn1c(-c2ccccc2)c(C(=O)C(C(=O)Nc2ccc(C(=O)N(C)C)cc2OC(C)C)N2C(=O)NC(C)(C)C2=O)n(-c2ccccc2)c1=O. The highest BCUT2D eigenvalue weighted by Crippen LogP contribution is 2.32. The molecule has 0 aliphatic carbocycles. The lowest BCUT2D eigenvalue weighted by Crippen LogP contribution is -2.53. The number of aromatic nitrogens is 2. The Hall–Kier alpha value is -5.98. The summed E-state index contributed by atoms with van der Waals surface area (Å²) in [5.41, 5.74) is -0.509. The molecule has 1 atom stereocenters. The summed E-state index contributed by atoms with van der Waals surface area (Å²) in [6.45, 7) is 9.03. The van der Waals surface area contributed by atoms with Gasteiger partial charge in [-0.25, -0.2) is 14.5 Å². The van der Waals surface area contributed by atoms with Gasteiger partial charge >= 0.3 is 11.7 Å². The highest BCUT2D eigenvalue weighted by molar-refractivity contribution is 6.24. The van der Waals surface area contributed by atoms with Crippen LogP contribution in [-0.2, 0) is 16.1 Å². The monoisotopic (exact) mass is 820 g/mol. The van der Waals surface area contributed by atoms with Crippen molar-refractivity contribution in [2.75, 3.05) is 19.4 Å². The van der Waals surface area contributed by atoms with Gasteiger partial charge in [0.25, 0.3) is 17.7 Å². The Kier molecular flexibility index (Phi) is 15.3. The first-order chi connectivity index (χ1) is 28.7. The van der Waals surface area contributed by atoms with Gasteiger partial charge in [-0.05, 0) is 64.4 Å². The number of hydrogen-bond acceptors (Lipinski definition) is 7. The van der Waals surface area contributed by atoms with Crippen LogP contribution >= 0.6 is 0 Å². The molecule has 1 unspecified atom stereocenters. The molecule has 13 heteroatoms. The maximum absolute atomic E-state index is 15.6. The Labute approximate surface area is 353 Å². The predicted molar refractivity (Wildman–Crippen MR) is 234 cm³/mol. The van der Waals surface area contributed by atoms with Gasteiger partial charge in [-0.1, -0.05) is 113 Å². The average molecular weight is 821 g/mol. The zero-order chi connectivity index (χ0) is 43.6. The number of para-hydroxylation sites is 1. The molecule has 13 nitrogen and oxygen atoms in total. The lowest BCUT2D eigenvalue weighted by atomic mass is 9.99. The van der Waals surface area contributed by atoms with Crippen molar-refractivity contribution in [3.63, 3.8) is 0 Å². The van der Waals surface area contributed by atoms with Crippen molar-refractivity contribution in [3.05, 3.63) is 101 Å². The molecule has 5 rings (SSSR count). The topological polar surface area (TPSA) is 152 Å². The van der Waals surface area contributed by atoms with Crippen LogP contribution in [0.15, 0.2) is 83.7 Å². The maximum Gasteiger partial charge on any atom is 0.333 e. The van der Waals surface area contributed by atoms with E-state index in [4.69, 9.17) is 4.74 Å². The third-order valence-corrected chi connectivity index (χ3v) is 10.6. The summed E-state index contributed by atoms with van der Waals surface area (Å²) in [6, 6.07) is 19.1. The number of unbranched alkanes of at least 4 members (excludes halogenated alkanes) is 9. The molecule has 0 radical (unpaired) electrons. The molecule has 5 amide bonds. The second-order valence-electron chi connectivity index (χ2n) is 16.4. The molecule has 2 N–H and O–H groups in total. The van der Waals surface area contributed by atoms with Crippen LogP contribution in [0.25, 0.3) is 16.9 Å². The number of Topliss-reactive ketones (excluding diaryl/α,β-unsaturated/α-hetero) is 1. The number of rotatable bonds is 21. The van der Waals surface area contributed by atoms with E-state index < -0.39 is 40.9 Å². The number of benzene rings is 3. The summed E-state index contributed by atoms with van der Waals surface area (Å²) in [6.07, 6.45) is 10.6. The smallest absolute Gasteiger partial charge is 0.333 e. The van der Waals surface area contributed by atoms with Crippen LogP contribution in [-0.4, -0.2) is 80.2 Å². The van der Waals surface area contributed by atoms with Crippen LogP contribution < -0.4 is 21.1 Å². The number of nitrogens with one attached hydrogen (secondary N) is 2. The summed E-state index contributed by atoms with van der Waals surface area (Å²) in [7, 11) is 3.22. The molecule has 0 spiro atoms. The zero-order valence-corrected chi connectivity index (χ0v) is 36.1. The van der Waals surface area contributed by atoms with Crippen LogP contribution in [0.4, 0.5) is 10.5 Å². The molecule has 2 heterocycles. The molecule has 1 fully saturated rings. The van der Waals surface area contributed by atoms with Crippen LogP contribution in [0, 0.1) is 0 Å². The standard InChI is InChI=1S/C47H60N6O7/c1-8-9-10-11-12-13-14-15-16-23-30-51-38(33-24-19-17-20-25-33)39(52(46(51)59)35-26-21-18-22-27-35)41(54)40(53-44(57)47(4,5)49-45(53)58)42(55)48-36-29-28-34(43(56)50(6)7)31-37(36)60-32(2)3/h17-22,24-29,31-32,40H,8-16,23,30H2,1-7H3,(H,48,55)(H,49,58). The maximum atomic E-state index is 15.6. The molecule has 1 aliphatic rings. The Morgan fingerprint density at radius 2 is 1.38 bits per heavy atom. The number of ether oxygens (including phenoxy) is 1. The summed E-state index contributed by atoms with van der Waals surface area (Å²) < 4.78 is 8.87. The molecule has 1 aromatic heterocycles. The van der Waals surface area contributed by atoms with Crippen molar-refractivity contribution in [1.82, 2.24) is 24.3 Å². The number of ketones is 1. The minimum absolute atomic E-state index is 0.107. The van der Waals surface area contributed by atoms with E-state index in [2.05, 4.69) is 17.6 Å². The Bertz CT molecular complexity index is 2210. The highest BCUT2D eigenvalue weighted by atomic mass is 16.5. The third-order valence-electron chi connectivity index (χ3n) is 10.6. The average Bonchev–Trinajstić information content (AvgIpc) is 3.62. The Morgan fingerprint density at radius 1 is 0.800 bits per heavy atom. The largest absolute Gasteiger partial charge is 0.489 e. The minimum atomic E-state index is -2.07. The first-order valence-electron chi connectivity index (χ1n) is 21.2. The zero-order valence-electron chi connectivity index (χ0n) is 36.1. The molecule has 1 aliphatic heterocycles. The second kappa shape index (κ2) is 20.3. The summed E-state index contributed by atoms with van der Waals surface area (Å²) in [4.78, 5) is 87.8. The number of amides is 5. The first-order valence-corrected chi connectivity index (χ1v) is 21.2. The van der Waals surface area contributed by atoms with Crippen LogP contribution in [0.5, 0.6) is 5.75 Å². The van der Waals surface area contributed by atoms with Gasteiger partial charge in [0.15, 0.2) is 6.04 Å². The fourth-order valence-corrected chi connectivity index (χ4v) is 7.50. The predicted octanol–water partition coefficient (Wildman–Crippen LogP) is 8.24. The normalized spacial score (nSPS) is 14.0. The van der Waals surface area contributed by atoms with Crippen molar-refractivity contribution in [3.8, 4) is 22.7 Å². The molecular formula is C47H60N6O7. The van der Waals surface area contributed by atoms with Gasteiger partial charge in [-0.15, -0.1) is 0 Å². The molecule has 3 aromatic carbocycles. The lowest BCUT2D eigenvalue weighted by Gasteiger charge is -2.26. The summed E-state index contributed by atoms with van der Waals surface area (Å²) in [5, 5.41) is 5.34. The Balaban J connectivity index is 1.62. The highest BCUT2D eigenvalue weighted by Gasteiger charge is 2.53. The third kappa shape index (κ3) is 10.4.